The Kier molecular flexibility index (Phi) is 7.35. The Balaban J connectivity index is 1.38. The van der Waals surface area contributed by atoms with Crippen molar-refractivity contribution in [2.45, 2.75) is 39.3 Å². The SMILES string of the molecule is Cc1ccc(OC[C@@H](C)NC(=O)C2CCN(Cc3ccc(Cl)cc3)CC2)cc1. The molecule has 3 rings (SSSR count). The number of nitrogens with zero attached hydrogens (tertiary/aromatic N) is 1. The van der Waals surface area contributed by atoms with E-state index in [1.54, 1.807) is 0 Å². The monoisotopic (exact) mass is 400 g/mol. The second-order valence-corrected chi connectivity index (χ2v) is 8.15. The van der Waals surface area contributed by atoms with Crippen LogP contribution in [0.5, 0.6) is 5.75 Å². The first-order chi connectivity index (χ1) is 13.5. The largest absolute Gasteiger partial charge is 0.491 e. The standard InChI is InChI=1S/C23H29ClN2O2/c1-17-3-9-22(10-4-17)28-16-18(2)25-23(27)20-11-13-26(14-12-20)15-19-5-7-21(24)8-6-19/h3-10,18,20H,11-16H2,1-2H3,(H,25,27)/t18-/m1/s1. The molecule has 1 atom stereocenters. The van der Waals surface area contributed by atoms with E-state index in [1.165, 1.54) is 11.1 Å². The van der Waals surface area contributed by atoms with E-state index in [0.29, 0.717) is 6.61 Å². The number of rotatable bonds is 7. The maximum atomic E-state index is 12.6. The normalized spacial score (nSPS) is 16.5. The lowest BCUT2D eigenvalue weighted by Crippen LogP contribution is -2.44. The van der Waals surface area contributed by atoms with Crippen molar-refractivity contribution in [3.05, 3.63) is 64.7 Å². The third kappa shape index (κ3) is 6.25. The van der Waals surface area contributed by atoms with Gasteiger partial charge in [-0.15, -0.1) is 0 Å². The minimum Gasteiger partial charge on any atom is -0.491 e. The summed E-state index contributed by atoms with van der Waals surface area (Å²) in [6, 6.07) is 15.9. The number of halogens is 1. The van der Waals surface area contributed by atoms with Crippen molar-refractivity contribution in [1.29, 1.82) is 0 Å². The van der Waals surface area contributed by atoms with Crippen molar-refractivity contribution in [1.82, 2.24) is 10.2 Å². The molecule has 28 heavy (non-hydrogen) atoms. The third-order valence-electron chi connectivity index (χ3n) is 5.19. The fourth-order valence-corrected chi connectivity index (χ4v) is 3.59. The van der Waals surface area contributed by atoms with Gasteiger partial charge in [0.05, 0.1) is 6.04 Å². The predicted octanol–water partition coefficient (Wildman–Crippen LogP) is 4.44. The van der Waals surface area contributed by atoms with Crippen LogP contribution in [0.3, 0.4) is 0 Å². The fourth-order valence-electron chi connectivity index (χ4n) is 3.46. The number of nitrogens with one attached hydrogen (secondary N) is 1. The zero-order valence-corrected chi connectivity index (χ0v) is 17.4. The van der Waals surface area contributed by atoms with E-state index in [2.05, 4.69) is 22.3 Å². The van der Waals surface area contributed by atoms with Gasteiger partial charge in [-0.05, 0) is 69.6 Å². The number of likely N-dealkylation sites (tertiary alicyclic amines) is 1. The summed E-state index contributed by atoms with van der Waals surface area (Å²) in [5.74, 6) is 1.07. The Labute approximate surface area is 172 Å². The average molecular weight is 401 g/mol. The lowest BCUT2D eigenvalue weighted by Gasteiger charge is -2.31. The number of hydrogen-bond donors (Lipinski definition) is 1. The minimum atomic E-state index is -0.0131. The molecule has 5 heteroatoms. The number of hydrogen-bond acceptors (Lipinski definition) is 3. The number of carbonyl (C=O) groups excluding carboxylic acids is 1. The average Bonchev–Trinajstić information content (AvgIpc) is 2.70. The summed E-state index contributed by atoms with van der Waals surface area (Å²) in [6.07, 6.45) is 1.79. The Morgan fingerprint density at radius 3 is 2.43 bits per heavy atom. The quantitative estimate of drug-likeness (QED) is 0.746. The van der Waals surface area contributed by atoms with Crippen LogP contribution in [-0.4, -0.2) is 36.5 Å². The molecule has 2 aromatic carbocycles. The lowest BCUT2D eigenvalue weighted by molar-refractivity contribution is -0.127. The summed E-state index contributed by atoms with van der Waals surface area (Å²) in [5.41, 5.74) is 2.46. The summed E-state index contributed by atoms with van der Waals surface area (Å²) in [7, 11) is 0. The van der Waals surface area contributed by atoms with E-state index in [9.17, 15) is 4.79 Å². The predicted molar refractivity (Wildman–Crippen MR) is 114 cm³/mol. The van der Waals surface area contributed by atoms with Crippen LogP contribution in [0.25, 0.3) is 0 Å². The molecule has 0 radical (unpaired) electrons. The van der Waals surface area contributed by atoms with Crippen LogP contribution >= 0.6 is 11.6 Å². The molecule has 1 heterocycles. The van der Waals surface area contributed by atoms with Crippen LogP contribution in [0, 0.1) is 12.8 Å². The van der Waals surface area contributed by atoms with Gasteiger partial charge in [-0.25, -0.2) is 0 Å². The number of aryl methyl sites for hydroxylation is 1. The van der Waals surface area contributed by atoms with Gasteiger partial charge in [0.1, 0.15) is 12.4 Å². The highest BCUT2D eigenvalue weighted by molar-refractivity contribution is 6.30. The van der Waals surface area contributed by atoms with Crippen LogP contribution in [0.15, 0.2) is 48.5 Å². The van der Waals surface area contributed by atoms with Gasteiger partial charge in [0.15, 0.2) is 0 Å². The Bertz CT molecular complexity index is 753. The maximum Gasteiger partial charge on any atom is 0.223 e. The highest BCUT2D eigenvalue weighted by Gasteiger charge is 2.25. The molecule has 1 saturated heterocycles. The number of amides is 1. The molecular weight excluding hydrogens is 372 g/mol. The molecule has 150 valence electrons. The van der Waals surface area contributed by atoms with Crippen LogP contribution in [0.2, 0.25) is 5.02 Å². The van der Waals surface area contributed by atoms with Crippen molar-refractivity contribution in [3.63, 3.8) is 0 Å². The van der Waals surface area contributed by atoms with Crippen LogP contribution in [-0.2, 0) is 11.3 Å². The van der Waals surface area contributed by atoms with Crippen molar-refractivity contribution in [2.24, 2.45) is 5.92 Å². The Hall–Kier alpha value is -2.04. The van der Waals surface area contributed by atoms with E-state index in [4.69, 9.17) is 16.3 Å². The lowest BCUT2D eigenvalue weighted by atomic mass is 9.95. The van der Waals surface area contributed by atoms with Gasteiger partial charge in [-0.2, -0.15) is 0 Å². The highest BCUT2D eigenvalue weighted by atomic mass is 35.5. The van der Waals surface area contributed by atoms with Gasteiger partial charge >= 0.3 is 0 Å². The van der Waals surface area contributed by atoms with Crippen LogP contribution in [0.1, 0.15) is 30.9 Å². The molecule has 0 aliphatic carbocycles. The van der Waals surface area contributed by atoms with Gasteiger partial charge in [-0.3, -0.25) is 9.69 Å². The molecule has 0 unspecified atom stereocenters. The maximum absolute atomic E-state index is 12.6. The smallest absolute Gasteiger partial charge is 0.223 e. The van der Waals surface area contributed by atoms with E-state index >= 15 is 0 Å². The molecule has 1 fully saturated rings. The molecule has 1 N–H and O–H groups in total. The van der Waals surface area contributed by atoms with E-state index < -0.39 is 0 Å². The molecule has 0 bridgehead atoms. The van der Waals surface area contributed by atoms with E-state index in [1.807, 2.05) is 50.2 Å². The van der Waals surface area contributed by atoms with Crippen molar-refractivity contribution < 1.29 is 9.53 Å². The Morgan fingerprint density at radius 2 is 1.79 bits per heavy atom. The topological polar surface area (TPSA) is 41.6 Å². The molecule has 1 amide bonds. The van der Waals surface area contributed by atoms with Gasteiger partial charge in [0.2, 0.25) is 5.91 Å². The van der Waals surface area contributed by atoms with Gasteiger partial charge in [0.25, 0.3) is 0 Å². The van der Waals surface area contributed by atoms with Gasteiger partial charge in [-0.1, -0.05) is 41.4 Å². The minimum absolute atomic E-state index is 0.0131. The number of piperidine rings is 1. The molecule has 0 aromatic heterocycles. The second kappa shape index (κ2) is 9.94. The Morgan fingerprint density at radius 1 is 1.14 bits per heavy atom. The summed E-state index contributed by atoms with van der Waals surface area (Å²) >= 11 is 5.95. The number of ether oxygens (including phenoxy) is 1. The van der Waals surface area contributed by atoms with E-state index in [0.717, 1.165) is 43.2 Å². The molecule has 4 nitrogen and oxygen atoms in total. The first-order valence-corrected chi connectivity index (χ1v) is 10.3. The second-order valence-electron chi connectivity index (χ2n) is 7.71. The molecule has 1 aliphatic rings. The zero-order chi connectivity index (χ0) is 19.9. The molecule has 0 saturated carbocycles. The fraction of sp³-hybridized carbons (Fsp3) is 0.435. The first kappa shape index (κ1) is 20.7. The molecular formula is C23H29ClN2O2. The van der Waals surface area contributed by atoms with Crippen LogP contribution < -0.4 is 10.1 Å². The van der Waals surface area contributed by atoms with Crippen LogP contribution in [0.4, 0.5) is 0 Å². The molecule has 1 aliphatic heterocycles. The van der Waals surface area contributed by atoms with Crippen molar-refractivity contribution in [3.8, 4) is 5.75 Å². The van der Waals surface area contributed by atoms with Gasteiger partial charge in [0, 0.05) is 17.5 Å². The van der Waals surface area contributed by atoms with Crippen molar-refractivity contribution in [2.75, 3.05) is 19.7 Å². The number of carbonyl (C=O) groups is 1. The highest BCUT2D eigenvalue weighted by Crippen LogP contribution is 2.20. The first-order valence-electron chi connectivity index (χ1n) is 9.96. The molecule has 2 aromatic rings. The van der Waals surface area contributed by atoms with E-state index in [-0.39, 0.29) is 17.9 Å². The van der Waals surface area contributed by atoms with Gasteiger partial charge < -0.3 is 10.1 Å². The molecule has 0 spiro atoms. The summed E-state index contributed by atoms with van der Waals surface area (Å²) in [4.78, 5) is 15.0. The third-order valence-corrected chi connectivity index (χ3v) is 5.44. The zero-order valence-electron chi connectivity index (χ0n) is 16.7. The number of benzene rings is 2. The summed E-state index contributed by atoms with van der Waals surface area (Å²) in [5, 5.41) is 3.87. The summed E-state index contributed by atoms with van der Waals surface area (Å²) in [6.45, 7) is 7.30. The van der Waals surface area contributed by atoms with Crippen molar-refractivity contribution >= 4 is 17.5 Å². The summed E-state index contributed by atoms with van der Waals surface area (Å²) < 4.78 is 5.77.